The minimum atomic E-state index is -1.20. The van der Waals surface area contributed by atoms with Crippen LogP contribution in [0.4, 0.5) is 4.39 Å². The van der Waals surface area contributed by atoms with Gasteiger partial charge in [0.15, 0.2) is 5.69 Å². The van der Waals surface area contributed by atoms with Gasteiger partial charge in [0.25, 0.3) is 5.91 Å². The summed E-state index contributed by atoms with van der Waals surface area (Å²) in [6, 6.07) is 5.90. The zero-order valence-electron chi connectivity index (χ0n) is 19.0. The Hall–Kier alpha value is -2.04. The van der Waals surface area contributed by atoms with Crippen molar-refractivity contribution in [3.05, 3.63) is 53.1 Å². The van der Waals surface area contributed by atoms with E-state index in [-0.39, 0.29) is 53.8 Å². The number of aliphatic carboxylic acids is 1. The van der Waals surface area contributed by atoms with Crippen LogP contribution in [0, 0.1) is 5.82 Å². The van der Waals surface area contributed by atoms with Gasteiger partial charge in [-0.05, 0) is 49.1 Å². The first-order chi connectivity index (χ1) is 15.6. The van der Waals surface area contributed by atoms with E-state index in [9.17, 15) is 24.2 Å². The molecule has 1 heterocycles. The number of rotatable bonds is 10. The van der Waals surface area contributed by atoms with Gasteiger partial charge in [-0.25, -0.2) is 9.07 Å². The predicted octanol–water partition coefficient (Wildman–Crippen LogP) is 2.32. The van der Waals surface area contributed by atoms with Gasteiger partial charge in [-0.15, -0.1) is 0 Å². The van der Waals surface area contributed by atoms with Crippen molar-refractivity contribution in [1.82, 2.24) is 14.7 Å². The topological polar surface area (TPSA) is 116 Å². The molecule has 10 heteroatoms. The molecule has 1 fully saturated rings. The van der Waals surface area contributed by atoms with E-state index in [1.807, 2.05) is 13.8 Å². The van der Waals surface area contributed by atoms with Crippen LogP contribution >= 0.6 is 0 Å². The fraction of sp³-hybridized carbons (Fsp3) is 0.458. The third-order valence-corrected chi connectivity index (χ3v) is 5.63. The van der Waals surface area contributed by atoms with E-state index >= 15 is 0 Å². The van der Waals surface area contributed by atoms with E-state index in [4.69, 9.17) is 5.11 Å². The number of benzene rings is 1. The van der Waals surface area contributed by atoms with E-state index in [2.05, 4.69) is 5.10 Å². The van der Waals surface area contributed by atoms with Crippen LogP contribution in [0.2, 0.25) is 0 Å². The summed E-state index contributed by atoms with van der Waals surface area (Å²) in [7, 11) is 1.75. The number of hydrogen-bond acceptors (Lipinski definition) is 5. The first kappa shape index (κ1) is 28.2. The number of aromatic nitrogens is 2. The van der Waals surface area contributed by atoms with Crippen LogP contribution in [0.1, 0.15) is 67.2 Å². The first-order valence-electron chi connectivity index (χ1n) is 11.0. The number of aliphatic hydroxyl groups excluding tert-OH is 2. The molecule has 0 bridgehead atoms. The zero-order valence-corrected chi connectivity index (χ0v) is 19.0. The molecule has 2 aromatic rings. The normalized spacial score (nSPS) is 15.3. The number of nitrogens with zero attached hydrogens (tertiary/aromatic N) is 3. The molecule has 0 saturated heterocycles. The molecule has 1 aromatic heterocycles. The molecule has 0 radical (unpaired) electrons. The van der Waals surface area contributed by atoms with Gasteiger partial charge in [-0.2, -0.15) is 5.10 Å². The number of amides is 1. The Labute approximate surface area is 220 Å². The van der Waals surface area contributed by atoms with Crippen molar-refractivity contribution in [2.45, 2.75) is 63.7 Å². The average Bonchev–Trinajstić information content (AvgIpc) is 3.51. The van der Waals surface area contributed by atoms with Gasteiger partial charge in [-0.1, -0.05) is 19.9 Å². The molecule has 0 unspecified atom stereocenters. The molecule has 180 valence electrons. The van der Waals surface area contributed by atoms with E-state index < -0.39 is 30.4 Å². The minimum absolute atomic E-state index is 0. The van der Waals surface area contributed by atoms with Crippen molar-refractivity contribution >= 4 is 47.5 Å². The van der Waals surface area contributed by atoms with Gasteiger partial charge < -0.3 is 20.2 Å². The maximum atomic E-state index is 13.5. The van der Waals surface area contributed by atoms with Gasteiger partial charge in [0, 0.05) is 25.1 Å². The van der Waals surface area contributed by atoms with Gasteiger partial charge in [0.1, 0.15) is 5.82 Å². The molecular weight excluding hydrogens is 452 g/mol. The van der Waals surface area contributed by atoms with Crippen molar-refractivity contribution in [2.24, 2.45) is 0 Å². The number of carboxylic acid groups (broad SMARTS) is 1. The summed E-state index contributed by atoms with van der Waals surface area (Å²) in [5, 5.41) is 33.5. The van der Waals surface area contributed by atoms with E-state index in [0.717, 1.165) is 12.8 Å². The Kier molecular flexibility index (Phi) is 10.0. The number of hydrogen-bond donors (Lipinski definition) is 3. The van der Waals surface area contributed by atoms with Crippen LogP contribution in [0.25, 0.3) is 11.8 Å². The Balaban J connectivity index is 0.00000408. The van der Waals surface area contributed by atoms with Crippen molar-refractivity contribution in [3.63, 3.8) is 0 Å². The van der Waals surface area contributed by atoms with Crippen molar-refractivity contribution in [3.8, 4) is 5.69 Å². The van der Waals surface area contributed by atoms with E-state index in [1.54, 1.807) is 34.8 Å². The Morgan fingerprint density at radius 1 is 1.24 bits per heavy atom. The fourth-order valence-electron chi connectivity index (χ4n) is 3.75. The fourth-order valence-corrected chi connectivity index (χ4v) is 3.75. The molecule has 3 N–H and O–H groups in total. The van der Waals surface area contributed by atoms with E-state index in [1.165, 1.54) is 18.2 Å². The summed E-state index contributed by atoms with van der Waals surface area (Å²) < 4.78 is 15.0. The monoisotopic (exact) mass is 483 g/mol. The quantitative estimate of drug-likeness (QED) is 0.447. The third kappa shape index (κ3) is 6.99. The Morgan fingerprint density at radius 3 is 2.38 bits per heavy atom. The van der Waals surface area contributed by atoms with Crippen LogP contribution in [-0.4, -0.2) is 96.7 Å². The maximum absolute atomic E-state index is 13.5. The predicted molar refractivity (Wildman–Crippen MR) is 128 cm³/mol. The van der Waals surface area contributed by atoms with Crippen LogP contribution in [0.3, 0.4) is 0 Å². The molecule has 1 aliphatic rings. The van der Waals surface area contributed by atoms with Gasteiger partial charge in [0.05, 0.1) is 30.0 Å². The summed E-state index contributed by atoms with van der Waals surface area (Å²) >= 11 is 0. The standard InChI is InChI=1S/C24H30FN3O5.Na.H/c1-14(2)22-20(11-10-18(29)12-19(30)13-21(31)32)28(17-6-4-15(25)5-7-17)26-23(22)24(33)27(3)16-8-9-16;;/h4-7,10-11,14,16,18-19,29-30H,8-9,12-13H2,1-3H3,(H,31,32);;/b11-10+;;/t18-,19+;;/m0../s1. The van der Waals surface area contributed by atoms with Crippen LogP contribution in [0.5, 0.6) is 0 Å². The van der Waals surface area contributed by atoms with Crippen molar-refractivity contribution < 1.29 is 29.3 Å². The van der Waals surface area contributed by atoms with Crippen molar-refractivity contribution in [2.75, 3.05) is 7.05 Å². The Bertz CT molecular complexity index is 1030. The summed E-state index contributed by atoms with van der Waals surface area (Å²) in [6.45, 7) is 3.87. The first-order valence-corrected chi connectivity index (χ1v) is 11.0. The summed E-state index contributed by atoms with van der Waals surface area (Å²) in [5.41, 5.74) is 2.08. The Morgan fingerprint density at radius 2 is 1.85 bits per heavy atom. The number of aliphatic hydroxyl groups is 2. The van der Waals surface area contributed by atoms with Crippen molar-refractivity contribution in [1.29, 1.82) is 0 Å². The third-order valence-electron chi connectivity index (χ3n) is 5.63. The van der Waals surface area contributed by atoms with Crippen LogP contribution in [0.15, 0.2) is 30.3 Å². The number of carbonyl (C=O) groups excluding carboxylic acids is 1. The molecule has 2 atom stereocenters. The summed E-state index contributed by atoms with van der Waals surface area (Å²) in [5.74, 6) is -1.84. The molecular formula is C24H31FN3NaO5. The molecule has 8 nitrogen and oxygen atoms in total. The molecule has 34 heavy (non-hydrogen) atoms. The van der Waals surface area contributed by atoms with Gasteiger partial charge in [0.2, 0.25) is 0 Å². The molecule has 0 aliphatic heterocycles. The summed E-state index contributed by atoms with van der Waals surface area (Å²) in [4.78, 5) is 25.7. The number of carboxylic acids is 1. The molecule has 1 aliphatic carbocycles. The second kappa shape index (κ2) is 12.1. The van der Waals surface area contributed by atoms with Crippen LogP contribution in [-0.2, 0) is 4.79 Å². The second-order valence-corrected chi connectivity index (χ2v) is 8.75. The molecule has 3 rings (SSSR count). The SMILES string of the molecule is CC(C)c1c(C(=O)N(C)C2CC2)nn(-c2ccc(F)cc2)c1/C=C/[C@H](O)C[C@@H](O)CC(=O)O.[NaH]. The van der Waals surface area contributed by atoms with Crippen LogP contribution < -0.4 is 0 Å². The second-order valence-electron chi connectivity index (χ2n) is 8.75. The zero-order chi connectivity index (χ0) is 24.3. The average molecular weight is 484 g/mol. The molecule has 1 amide bonds. The van der Waals surface area contributed by atoms with Gasteiger partial charge in [-0.3, -0.25) is 9.59 Å². The summed E-state index contributed by atoms with van der Waals surface area (Å²) in [6.07, 6.45) is 2.03. The van der Waals surface area contributed by atoms with Gasteiger partial charge >= 0.3 is 35.5 Å². The van der Waals surface area contributed by atoms with E-state index in [0.29, 0.717) is 22.6 Å². The molecule has 1 saturated carbocycles. The number of carbonyl (C=O) groups is 2. The number of halogens is 1. The molecule has 1 aromatic carbocycles. The molecule has 0 spiro atoms.